The number of rotatable bonds is 4. The number of ether oxygens (including phenoxy) is 2. The molecule has 0 radical (unpaired) electrons. The van der Waals surface area contributed by atoms with E-state index in [1.165, 1.54) is 22.3 Å². The molecule has 1 saturated heterocycles. The third-order valence-corrected chi connectivity index (χ3v) is 5.49. The van der Waals surface area contributed by atoms with Crippen LogP contribution in [0.5, 0.6) is 0 Å². The van der Waals surface area contributed by atoms with Gasteiger partial charge in [-0.1, -0.05) is 48.5 Å². The number of aliphatic hydroxyl groups excluding tert-OH is 1. The molecule has 0 bridgehead atoms. The molecule has 26 heavy (non-hydrogen) atoms. The summed E-state index contributed by atoms with van der Waals surface area (Å²) in [5, 5.41) is 9.53. The summed E-state index contributed by atoms with van der Waals surface area (Å²) >= 11 is 0. The first-order valence-electron chi connectivity index (χ1n) is 8.98. The van der Waals surface area contributed by atoms with Crippen LogP contribution in [0, 0.1) is 0 Å². The molecule has 0 aromatic heterocycles. The third-order valence-electron chi connectivity index (χ3n) is 5.49. The van der Waals surface area contributed by atoms with Crippen LogP contribution >= 0.6 is 0 Å². The molecule has 0 spiro atoms. The van der Waals surface area contributed by atoms with Crippen molar-refractivity contribution in [1.29, 1.82) is 0 Å². The first-order valence-corrected chi connectivity index (χ1v) is 8.98. The molecule has 4 rings (SSSR count). The highest BCUT2D eigenvalue weighted by molar-refractivity contribution is 5.79. The molecule has 2 aromatic carbocycles. The predicted octanol–water partition coefficient (Wildman–Crippen LogP) is 3.02. The standard InChI is InChI=1S/C21H23NO4/c1-25-15-10-14(12-23)22(11-15)21(24)26-13-20-18-8-4-2-6-16(18)17-7-3-5-9-19(17)20/h2-9,14-15,20,23H,10-13H2,1H3/t14-,15-/m0/s1. The summed E-state index contributed by atoms with van der Waals surface area (Å²) < 4.78 is 11.0. The van der Waals surface area contributed by atoms with Crippen LogP contribution in [-0.4, -0.2) is 55.1 Å². The second kappa shape index (κ2) is 7.09. The topological polar surface area (TPSA) is 59.0 Å². The minimum atomic E-state index is -0.384. The largest absolute Gasteiger partial charge is 0.448 e. The second-order valence-corrected chi connectivity index (χ2v) is 6.89. The van der Waals surface area contributed by atoms with E-state index in [1.807, 2.05) is 24.3 Å². The van der Waals surface area contributed by atoms with E-state index < -0.39 is 0 Å². The number of hydrogen-bond donors (Lipinski definition) is 1. The molecule has 5 nitrogen and oxygen atoms in total. The number of likely N-dealkylation sites (tertiary alicyclic amines) is 1. The third kappa shape index (κ3) is 2.87. The molecule has 0 saturated carbocycles. The van der Waals surface area contributed by atoms with Crippen LogP contribution in [0.3, 0.4) is 0 Å². The Morgan fingerprint density at radius 3 is 2.31 bits per heavy atom. The highest BCUT2D eigenvalue weighted by Crippen LogP contribution is 2.44. The number of fused-ring (bicyclic) bond motifs is 3. The van der Waals surface area contributed by atoms with Crippen LogP contribution in [-0.2, 0) is 9.47 Å². The van der Waals surface area contributed by atoms with E-state index in [9.17, 15) is 9.90 Å². The van der Waals surface area contributed by atoms with Crippen molar-refractivity contribution in [2.75, 3.05) is 26.9 Å². The average Bonchev–Trinajstić information content (AvgIpc) is 3.25. The molecule has 1 fully saturated rings. The van der Waals surface area contributed by atoms with Gasteiger partial charge in [0.1, 0.15) is 6.61 Å². The first kappa shape index (κ1) is 17.1. The Kier molecular flexibility index (Phi) is 4.66. The van der Waals surface area contributed by atoms with Crippen molar-refractivity contribution in [1.82, 2.24) is 4.90 Å². The van der Waals surface area contributed by atoms with E-state index in [0.29, 0.717) is 19.6 Å². The van der Waals surface area contributed by atoms with E-state index in [-0.39, 0.29) is 30.8 Å². The second-order valence-electron chi connectivity index (χ2n) is 6.89. The van der Waals surface area contributed by atoms with Crippen molar-refractivity contribution >= 4 is 6.09 Å². The van der Waals surface area contributed by atoms with Gasteiger partial charge in [-0.3, -0.25) is 0 Å². The number of carbonyl (C=O) groups excluding carboxylic acids is 1. The van der Waals surface area contributed by atoms with Crippen LogP contribution < -0.4 is 0 Å². The fraction of sp³-hybridized carbons (Fsp3) is 0.381. The van der Waals surface area contributed by atoms with Crippen molar-refractivity contribution in [2.24, 2.45) is 0 Å². The summed E-state index contributed by atoms with van der Waals surface area (Å²) in [7, 11) is 1.63. The Bertz CT molecular complexity index is 761. The summed E-state index contributed by atoms with van der Waals surface area (Å²) in [4.78, 5) is 14.2. The molecule has 136 valence electrons. The Balaban J connectivity index is 1.51. The van der Waals surface area contributed by atoms with Gasteiger partial charge in [0.15, 0.2) is 0 Å². The Morgan fingerprint density at radius 2 is 1.73 bits per heavy atom. The Hall–Kier alpha value is -2.37. The molecule has 2 aromatic rings. The van der Waals surface area contributed by atoms with Gasteiger partial charge in [0.25, 0.3) is 0 Å². The number of benzene rings is 2. The van der Waals surface area contributed by atoms with E-state index in [0.717, 1.165) is 0 Å². The van der Waals surface area contributed by atoms with Crippen LogP contribution in [0.2, 0.25) is 0 Å². The minimum Gasteiger partial charge on any atom is -0.448 e. The Morgan fingerprint density at radius 1 is 1.12 bits per heavy atom. The Labute approximate surface area is 153 Å². The van der Waals surface area contributed by atoms with Crippen LogP contribution in [0.1, 0.15) is 23.5 Å². The van der Waals surface area contributed by atoms with Gasteiger partial charge in [-0.2, -0.15) is 0 Å². The van der Waals surface area contributed by atoms with Gasteiger partial charge in [-0.25, -0.2) is 4.79 Å². The maximum Gasteiger partial charge on any atom is 0.410 e. The van der Waals surface area contributed by atoms with Gasteiger partial charge in [-0.15, -0.1) is 0 Å². The number of hydrogen-bond acceptors (Lipinski definition) is 4. The van der Waals surface area contributed by atoms with E-state index in [4.69, 9.17) is 9.47 Å². The smallest absolute Gasteiger partial charge is 0.410 e. The fourth-order valence-corrected chi connectivity index (χ4v) is 4.12. The maximum absolute atomic E-state index is 12.6. The van der Waals surface area contributed by atoms with Gasteiger partial charge in [0, 0.05) is 13.0 Å². The van der Waals surface area contributed by atoms with Gasteiger partial charge < -0.3 is 19.5 Å². The molecule has 1 amide bonds. The molecule has 1 heterocycles. The summed E-state index contributed by atoms with van der Waals surface area (Å²) in [6.45, 7) is 0.668. The summed E-state index contributed by atoms with van der Waals surface area (Å²) in [6.07, 6.45) is 0.204. The number of aliphatic hydroxyl groups is 1. The normalized spacial score (nSPS) is 21.5. The predicted molar refractivity (Wildman–Crippen MR) is 98.1 cm³/mol. The van der Waals surface area contributed by atoms with Gasteiger partial charge in [0.2, 0.25) is 0 Å². The lowest BCUT2D eigenvalue weighted by atomic mass is 9.98. The molecule has 2 atom stereocenters. The number of nitrogens with zero attached hydrogens (tertiary/aromatic N) is 1. The lowest BCUT2D eigenvalue weighted by Gasteiger charge is -2.23. The molecular weight excluding hydrogens is 330 g/mol. The van der Waals surface area contributed by atoms with Crippen molar-refractivity contribution in [3.05, 3.63) is 59.7 Å². The highest BCUT2D eigenvalue weighted by Gasteiger charge is 2.37. The number of amides is 1. The van der Waals surface area contributed by atoms with Crippen molar-refractivity contribution in [3.63, 3.8) is 0 Å². The van der Waals surface area contributed by atoms with Crippen LogP contribution in [0.4, 0.5) is 4.79 Å². The van der Waals surface area contributed by atoms with Crippen molar-refractivity contribution < 1.29 is 19.4 Å². The molecule has 2 aliphatic rings. The quantitative estimate of drug-likeness (QED) is 0.918. The zero-order valence-electron chi connectivity index (χ0n) is 14.8. The first-order chi connectivity index (χ1) is 12.7. The molecule has 5 heteroatoms. The summed E-state index contributed by atoms with van der Waals surface area (Å²) in [5.41, 5.74) is 4.80. The number of methoxy groups -OCH3 is 1. The lowest BCUT2D eigenvalue weighted by Crippen LogP contribution is -2.39. The van der Waals surface area contributed by atoms with Gasteiger partial charge >= 0.3 is 6.09 Å². The van der Waals surface area contributed by atoms with Crippen molar-refractivity contribution in [3.8, 4) is 11.1 Å². The minimum absolute atomic E-state index is 0.0414. The highest BCUT2D eigenvalue weighted by atomic mass is 16.6. The van der Waals surface area contributed by atoms with Crippen LogP contribution in [0.25, 0.3) is 11.1 Å². The van der Waals surface area contributed by atoms with Crippen LogP contribution in [0.15, 0.2) is 48.5 Å². The molecule has 1 aliphatic carbocycles. The average molecular weight is 353 g/mol. The molecule has 1 N–H and O–H groups in total. The maximum atomic E-state index is 12.6. The van der Waals surface area contributed by atoms with Gasteiger partial charge in [0.05, 0.1) is 25.3 Å². The number of carbonyl (C=O) groups is 1. The van der Waals surface area contributed by atoms with E-state index >= 15 is 0 Å². The lowest BCUT2D eigenvalue weighted by molar-refractivity contribution is 0.0762. The molecule has 1 aliphatic heterocycles. The molecular formula is C21H23NO4. The van der Waals surface area contributed by atoms with Crippen molar-refractivity contribution in [2.45, 2.75) is 24.5 Å². The van der Waals surface area contributed by atoms with E-state index in [1.54, 1.807) is 12.0 Å². The van der Waals surface area contributed by atoms with Gasteiger partial charge in [-0.05, 0) is 28.7 Å². The zero-order chi connectivity index (χ0) is 18.1. The zero-order valence-corrected chi connectivity index (χ0v) is 14.8. The fourth-order valence-electron chi connectivity index (χ4n) is 4.12. The molecule has 0 unspecified atom stereocenters. The van der Waals surface area contributed by atoms with E-state index in [2.05, 4.69) is 24.3 Å². The SMILES string of the molecule is CO[C@H]1C[C@@H](CO)N(C(=O)OCC2c3ccccc3-c3ccccc32)C1. The summed E-state index contributed by atoms with van der Waals surface area (Å²) in [6, 6.07) is 16.3. The monoisotopic (exact) mass is 353 g/mol. The summed E-state index contributed by atoms with van der Waals surface area (Å²) in [5.74, 6) is 0.0414.